The van der Waals surface area contributed by atoms with Crippen LogP contribution in [-0.2, 0) is 10.2 Å². The largest absolute Gasteiger partial charge is 0.396 e. The molecule has 1 N–H and O–H groups in total. The molecular weight excluding hydrogens is 212 g/mol. The first-order valence-electron chi connectivity index (χ1n) is 6.48. The van der Waals surface area contributed by atoms with Crippen molar-refractivity contribution in [3.8, 4) is 0 Å². The lowest BCUT2D eigenvalue weighted by Crippen LogP contribution is -2.63. The monoisotopic (exact) mass is 232 g/mol. The molecule has 92 valence electrons. The summed E-state index contributed by atoms with van der Waals surface area (Å²) >= 11 is 0. The third-order valence-corrected chi connectivity index (χ3v) is 4.93. The fraction of sp³-hybridized carbons (Fsp3) is 0.600. The van der Waals surface area contributed by atoms with E-state index in [-0.39, 0.29) is 10.8 Å². The van der Waals surface area contributed by atoms with Crippen LogP contribution in [0.25, 0.3) is 0 Å². The lowest BCUT2D eigenvalue weighted by Gasteiger charge is -2.59. The first-order chi connectivity index (χ1) is 8.22. The highest BCUT2D eigenvalue weighted by molar-refractivity contribution is 5.35. The summed E-state index contributed by atoms with van der Waals surface area (Å²) in [6.07, 6.45) is 3.52. The van der Waals surface area contributed by atoms with Crippen LogP contribution in [-0.4, -0.2) is 24.9 Å². The van der Waals surface area contributed by atoms with Crippen LogP contribution < -0.4 is 0 Å². The van der Waals surface area contributed by atoms with Gasteiger partial charge in [0, 0.05) is 17.4 Å². The van der Waals surface area contributed by atoms with Crippen LogP contribution in [0.15, 0.2) is 24.3 Å². The average Bonchev–Trinajstić information content (AvgIpc) is 2.22. The SMILES string of the molecule is Cc1ccc(C2(C3(CO)CCC3)COC2)cc1. The maximum atomic E-state index is 9.80. The zero-order valence-electron chi connectivity index (χ0n) is 10.4. The zero-order chi connectivity index (χ0) is 11.9. The molecule has 17 heavy (non-hydrogen) atoms. The first kappa shape index (κ1) is 11.2. The van der Waals surface area contributed by atoms with Gasteiger partial charge < -0.3 is 9.84 Å². The number of hydrogen-bond donors (Lipinski definition) is 1. The van der Waals surface area contributed by atoms with Gasteiger partial charge >= 0.3 is 0 Å². The molecule has 0 spiro atoms. The van der Waals surface area contributed by atoms with E-state index >= 15 is 0 Å². The Labute approximate surface area is 103 Å². The highest BCUT2D eigenvalue weighted by atomic mass is 16.5. The van der Waals surface area contributed by atoms with E-state index in [0.717, 1.165) is 26.1 Å². The van der Waals surface area contributed by atoms with Crippen LogP contribution in [0.3, 0.4) is 0 Å². The van der Waals surface area contributed by atoms with Gasteiger partial charge in [-0.3, -0.25) is 0 Å². The molecule has 2 heteroatoms. The lowest BCUT2D eigenvalue weighted by molar-refractivity contribution is -0.173. The van der Waals surface area contributed by atoms with Crippen LogP contribution >= 0.6 is 0 Å². The van der Waals surface area contributed by atoms with Gasteiger partial charge in [-0.1, -0.05) is 36.2 Å². The van der Waals surface area contributed by atoms with Crippen molar-refractivity contribution in [1.82, 2.24) is 0 Å². The predicted octanol–water partition coefficient (Wildman–Crippen LogP) is 2.43. The second kappa shape index (κ2) is 3.82. The molecule has 1 saturated heterocycles. The van der Waals surface area contributed by atoms with Crippen LogP contribution in [0.1, 0.15) is 30.4 Å². The van der Waals surface area contributed by atoms with Crippen molar-refractivity contribution in [2.45, 2.75) is 31.6 Å². The molecule has 1 aliphatic carbocycles. The summed E-state index contributed by atoms with van der Waals surface area (Å²) in [4.78, 5) is 0. The minimum absolute atomic E-state index is 0.0771. The van der Waals surface area contributed by atoms with Crippen molar-refractivity contribution >= 4 is 0 Å². The van der Waals surface area contributed by atoms with E-state index in [4.69, 9.17) is 4.74 Å². The molecule has 0 atom stereocenters. The maximum Gasteiger partial charge on any atom is 0.0591 e. The fourth-order valence-electron chi connectivity index (χ4n) is 3.35. The van der Waals surface area contributed by atoms with Crippen molar-refractivity contribution in [3.63, 3.8) is 0 Å². The molecule has 3 rings (SSSR count). The Morgan fingerprint density at radius 3 is 2.18 bits per heavy atom. The average molecular weight is 232 g/mol. The summed E-state index contributed by atoms with van der Waals surface area (Å²) in [5.74, 6) is 0. The summed E-state index contributed by atoms with van der Waals surface area (Å²) in [5.41, 5.74) is 2.80. The van der Waals surface area contributed by atoms with E-state index in [1.54, 1.807) is 0 Å². The Balaban J connectivity index is 1.99. The van der Waals surface area contributed by atoms with Crippen molar-refractivity contribution in [2.24, 2.45) is 5.41 Å². The Morgan fingerprint density at radius 1 is 1.18 bits per heavy atom. The molecule has 0 bridgehead atoms. The van der Waals surface area contributed by atoms with Crippen molar-refractivity contribution < 1.29 is 9.84 Å². The van der Waals surface area contributed by atoms with Gasteiger partial charge in [0.15, 0.2) is 0 Å². The standard InChI is InChI=1S/C15H20O2/c1-12-3-5-13(6-4-12)15(10-17-11-15)14(9-16)7-2-8-14/h3-6,16H,2,7-11H2,1H3. The Hall–Kier alpha value is -0.860. The van der Waals surface area contributed by atoms with Gasteiger partial charge in [0.2, 0.25) is 0 Å². The van der Waals surface area contributed by atoms with Gasteiger partial charge in [0.05, 0.1) is 13.2 Å². The van der Waals surface area contributed by atoms with Crippen molar-refractivity contribution in [1.29, 1.82) is 0 Å². The molecule has 1 aromatic rings. The quantitative estimate of drug-likeness (QED) is 0.867. The fourth-order valence-corrected chi connectivity index (χ4v) is 3.35. The van der Waals surface area contributed by atoms with E-state index in [0.29, 0.717) is 6.61 Å². The molecule has 2 fully saturated rings. The topological polar surface area (TPSA) is 29.5 Å². The minimum atomic E-state index is 0.0771. The van der Waals surface area contributed by atoms with Crippen LogP contribution in [0.2, 0.25) is 0 Å². The third-order valence-electron chi connectivity index (χ3n) is 4.93. The highest BCUT2D eigenvalue weighted by Gasteiger charge is 2.59. The van der Waals surface area contributed by atoms with Gasteiger partial charge in [-0.15, -0.1) is 0 Å². The second-order valence-corrected chi connectivity index (χ2v) is 5.73. The van der Waals surface area contributed by atoms with Crippen molar-refractivity contribution in [2.75, 3.05) is 19.8 Å². The molecular formula is C15H20O2. The predicted molar refractivity (Wildman–Crippen MR) is 67.0 cm³/mol. The smallest absolute Gasteiger partial charge is 0.0591 e. The first-order valence-corrected chi connectivity index (χ1v) is 6.48. The minimum Gasteiger partial charge on any atom is -0.396 e. The molecule has 1 aliphatic heterocycles. The molecule has 2 nitrogen and oxygen atoms in total. The summed E-state index contributed by atoms with van der Waals surface area (Å²) in [6.45, 7) is 3.95. The van der Waals surface area contributed by atoms with Gasteiger partial charge in [0.1, 0.15) is 0 Å². The Bertz CT molecular complexity index is 394. The van der Waals surface area contributed by atoms with E-state index in [1.807, 2.05) is 0 Å². The van der Waals surface area contributed by atoms with Crippen LogP contribution in [0.4, 0.5) is 0 Å². The van der Waals surface area contributed by atoms with Gasteiger partial charge in [-0.05, 0) is 25.3 Å². The Morgan fingerprint density at radius 2 is 1.82 bits per heavy atom. The number of hydrogen-bond acceptors (Lipinski definition) is 2. The maximum absolute atomic E-state index is 9.80. The van der Waals surface area contributed by atoms with Crippen LogP contribution in [0.5, 0.6) is 0 Å². The number of benzene rings is 1. The molecule has 0 radical (unpaired) electrons. The summed E-state index contributed by atoms with van der Waals surface area (Å²) in [7, 11) is 0. The molecule has 0 amide bonds. The summed E-state index contributed by atoms with van der Waals surface area (Å²) in [5, 5.41) is 9.80. The lowest BCUT2D eigenvalue weighted by atomic mass is 9.50. The molecule has 2 aliphatic rings. The van der Waals surface area contributed by atoms with E-state index in [1.165, 1.54) is 17.5 Å². The highest BCUT2D eigenvalue weighted by Crippen LogP contribution is 2.58. The molecule has 1 heterocycles. The van der Waals surface area contributed by atoms with Gasteiger partial charge in [-0.2, -0.15) is 0 Å². The van der Waals surface area contributed by atoms with Crippen LogP contribution in [0, 0.1) is 12.3 Å². The number of aliphatic hydroxyl groups is 1. The number of rotatable bonds is 3. The van der Waals surface area contributed by atoms with E-state index in [9.17, 15) is 5.11 Å². The summed E-state index contributed by atoms with van der Waals surface area (Å²) < 4.78 is 5.50. The molecule has 0 aromatic heterocycles. The summed E-state index contributed by atoms with van der Waals surface area (Å²) in [6, 6.07) is 8.76. The number of ether oxygens (including phenoxy) is 1. The van der Waals surface area contributed by atoms with E-state index in [2.05, 4.69) is 31.2 Å². The Kier molecular flexibility index (Phi) is 2.53. The van der Waals surface area contributed by atoms with Gasteiger partial charge in [-0.25, -0.2) is 0 Å². The number of aryl methyl sites for hydroxylation is 1. The van der Waals surface area contributed by atoms with Gasteiger partial charge in [0.25, 0.3) is 0 Å². The van der Waals surface area contributed by atoms with Crippen molar-refractivity contribution in [3.05, 3.63) is 35.4 Å². The zero-order valence-corrected chi connectivity index (χ0v) is 10.4. The normalized spacial score (nSPS) is 24.8. The third kappa shape index (κ3) is 1.40. The molecule has 1 aromatic carbocycles. The van der Waals surface area contributed by atoms with E-state index < -0.39 is 0 Å². The molecule has 0 unspecified atom stereocenters. The second-order valence-electron chi connectivity index (χ2n) is 5.73. The number of aliphatic hydroxyl groups excluding tert-OH is 1. The molecule has 1 saturated carbocycles.